The number of aromatic amines is 1. The number of nitrogens with zero attached hydrogens (tertiary/aromatic N) is 2. The first kappa shape index (κ1) is 12.5. The van der Waals surface area contributed by atoms with Crippen LogP contribution in [0.4, 0.5) is 0 Å². The molecule has 5 nitrogen and oxygen atoms in total. The van der Waals surface area contributed by atoms with Gasteiger partial charge in [-0.15, -0.1) is 0 Å². The van der Waals surface area contributed by atoms with Crippen LogP contribution in [0.2, 0.25) is 0 Å². The van der Waals surface area contributed by atoms with Crippen LogP contribution in [0.1, 0.15) is 23.1 Å². The van der Waals surface area contributed by atoms with Crippen LogP contribution in [0.15, 0.2) is 39.2 Å². The number of aromatic nitrogens is 3. The number of hydrogen-bond acceptors (Lipinski definition) is 5. The molecule has 0 saturated heterocycles. The minimum atomic E-state index is -0.182. The molecule has 0 aliphatic rings. The second-order valence-electron chi connectivity index (χ2n) is 3.73. The van der Waals surface area contributed by atoms with E-state index in [-0.39, 0.29) is 11.3 Å². The maximum Gasteiger partial charge on any atom is 0.251 e. The molecule has 2 rings (SSSR count). The monoisotopic (exact) mass is 261 g/mol. The molecule has 2 heterocycles. The van der Waals surface area contributed by atoms with E-state index >= 15 is 0 Å². The number of carbonyl (C=O) groups is 1. The predicted molar refractivity (Wildman–Crippen MR) is 68.0 cm³/mol. The number of hydrogen-bond donors (Lipinski definition) is 1. The second-order valence-corrected chi connectivity index (χ2v) is 4.79. The zero-order valence-electron chi connectivity index (χ0n) is 9.93. The Balaban J connectivity index is 2.23. The zero-order valence-corrected chi connectivity index (χ0v) is 10.7. The normalized spacial score (nSPS) is 10.3. The van der Waals surface area contributed by atoms with Crippen molar-refractivity contribution in [3.63, 3.8) is 0 Å². The van der Waals surface area contributed by atoms with E-state index in [1.807, 2.05) is 0 Å². The molecule has 0 unspecified atom stereocenters. The van der Waals surface area contributed by atoms with Crippen molar-refractivity contribution >= 4 is 17.5 Å². The van der Waals surface area contributed by atoms with Crippen LogP contribution in [-0.2, 0) is 0 Å². The Kier molecular flexibility index (Phi) is 3.57. The van der Waals surface area contributed by atoms with Gasteiger partial charge in [0, 0.05) is 29.8 Å². The van der Waals surface area contributed by atoms with Gasteiger partial charge in [-0.05, 0) is 19.1 Å². The molecule has 1 N–H and O–H groups in total. The van der Waals surface area contributed by atoms with Gasteiger partial charge >= 0.3 is 0 Å². The summed E-state index contributed by atoms with van der Waals surface area (Å²) in [6.45, 7) is 3.23. The molecule has 0 atom stereocenters. The number of rotatable bonds is 3. The smallest absolute Gasteiger partial charge is 0.251 e. The molecule has 6 heteroatoms. The van der Waals surface area contributed by atoms with Gasteiger partial charge in [0.1, 0.15) is 5.69 Å². The Hall–Kier alpha value is -1.95. The highest BCUT2D eigenvalue weighted by molar-refractivity contribution is 7.99. The molecule has 0 amide bonds. The molecule has 0 bridgehead atoms. The van der Waals surface area contributed by atoms with E-state index in [2.05, 4.69) is 15.0 Å². The molecule has 2 aromatic rings. The maximum atomic E-state index is 11.3. The molecule has 0 spiro atoms. The van der Waals surface area contributed by atoms with Crippen molar-refractivity contribution in [3.8, 4) is 0 Å². The molecule has 0 aliphatic carbocycles. The minimum absolute atomic E-state index is 0.0753. The fraction of sp³-hybridized carbons (Fsp3) is 0.167. The second kappa shape index (κ2) is 5.14. The van der Waals surface area contributed by atoms with Crippen LogP contribution in [0, 0.1) is 6.92 Å². The Labute approximate surface area is 108 Å². The van der Waals surface area contributed by atoms with Crippen LogP contribution < -0.4 is 5.56 Å². The summed E-state index contributed by atoms with van der Waals surface area (Å²) < 4.78 is 0. The molecular weight excluding hydrogens is 250 g/mol. The van der Waals surface area contributed by atoms with Crippen LogP contribution >= 0.6 is 11.8 Å². The third-order valence-corrected chi connectivity index (χ3v) is 3.02. The highest BCUT2D eigenvalue weighted by Crippen LogP contribution is 2.22. The summed E-state index contributed by atoms with van der Waals surface area (Å²) in [5, 5.41) is 0.511. The van der Waals surface area contributed by atoms with Crippen molar-refractivity contribution in [2.24, 2.45) is 0 Å². The molecule has 92 valence electrons. The lowest BCUT2D eigenvalue weighted by Gasteiger charge is -2.01. The van der Waals surface area contributed by atoms with Gasteiger partial charge in [-0.2, -0.15) is 0 Å². The van der Waals surface area contributed by atoms with Crippen molar-refractivity contribution in [1.29, 1.82) is 0 Å². The Morgan fingerprint density at radius 1 is 1.39 bits per heavy atom. The first-order valence-electron chi connectivity index (χ1n) is 5.27. The first-order chi connectivity index (χ1) is 8.54. The summed E-state index contributed by atoms with van der Waals surface area (Å²) in [6, 6.07) is 4.86. The highest BCUT2D eigenvalue weighted by Gasteiger charge is 2.04. The van der Waals surface area contributed by atoms with Gasteiger partial charge in [0.05, 0.1) is 0 Å². The largest absolute Gasteiger partial charge is 0.301 e. The van der Waals surface area contributed by atoms with E-state index in [4.69, 9.17) is 0 Å². The molecule has 0 radical (unpaired) electrons. The molecule has 0 fully saturated rings. The van der Waals surface area contributed by atoms with Gasteiger partial charge in [-0.25, -0.2) is 4.98 Å². The molecule has 0 aliphatic heterocycles. The number of nitrogens with one attached hydrogen (secondary N) is 1. The number of pyridine rings is 1. The highest BCUT2D eigenvalue weighted by atomic mass is 32.2. The third kappa shape index (κ3) is 3.04. The summed E-state index contributed by atoms with van der Waals surface area (Å²) in [6.07, 6.45) is 1.59. The van der Waals surface area contributed by atoms with E-state index in [0.717, 1.165) is 4.90 Å². The minimum Gasteiger partial charge on any atom is -0.301 e. The van der Waals surface area contributed by atoms with E-state index in [9.17, 15) is 9.59 Å². The standard InChI is InChI=1S/C12H11N3O2S/c1-7-5-11(17)15-12(14-7)18-9-3-4-10(8(2)16)13-6-9/h3-6H,1-2H3,(H,14,15,17). The van der Waals surface area contributed by atoms with Gasteiger partial charge in [0.15, 0.2) is 10.9 Å². The summed E-state index contributed by atoms with van der Waals surface area (Å²) in [5.41, 5.74) is 0.901. The Morgan fingerprint density at radius 2 is 2.17 bits per heavy atom. The molecule has 0 saturated carbocycles. The van der Waals surface area contributed by atoms with E-state index in [1.54, 1.807) is 25.3 Å². The SMILES string of the molecule is CC(=O)c1ccc(Sc2nc(C)cc(=O)[nH]2)cn1. The molecule has 18 heavy (non-hydrogen) atoms. The number of carbonyl (C=O) groups excluding carboxylic acids is 1. The Morgan fingerprint density at radius 3 is 2.72 bits per heavy atom. The summed E-state index contributed by atoms with van der Waals surface area (Å²) in [4.78, 5) is 34.0. The van der Waals surface area contributed by atoms with Gasteiger partial charge in [-0.1, -0.05) is 11.8 Å². The van der Waals surface area contributed by atoms with Crippen molar-refractivity contribution < 1.29 is 4.79 Å². The van der Waals surface area contributed by atoms with Gasteiger partial charge < -0.3 is 4.98 Å². The van der Waals surface area contributed by atoms with Gasteiger partial charge in [0.25, 0.3) is 5.56 Å². The van der Waals surface area contributed by atoms with Crippen molar-refractivity contribution in [2.45, 2.75) is 23.9 Å². The average molecular weight is 261 g/mol. The fourth-order valence-corrected chi connectivity index (χ4v) is 2.17. The van der Waals surface area contributed by atoms with E-state index in [1.165, 1.54) is 24.8 Å². The number of ketones is 1. The lowest BCUT2D eigenvalue weighted by atomic mass is 10.3. The zero-order chi connectivity index (χ0) is 13.1. The molecule has 0 aromatic carbocycles. The number of aryl methyl sites for hydroxylation is 1. The van der Waals surface area contributed by atoms with Crippen molar-refractivity contribution in [2.75, 3.05) is 0 Å². The van der Waals surface area contributed by atoms with E-state index < -0.39 is 0 Å². The third-order valence-electron chi connectivity index (χ3n) is 2.16. The lowest BCUT2D eigenvalue weighted by Crippen LogP contribution is -2.07. The quantitative estimate of drug-likeness (QED) is 0.673. The van der Waals surface area contributed by atoms with Crippen LogP contribution in [0.25, 0.3) is 0 Å². The fourth-order valence-electron chi connectivity index (χ4n) is 1.36. The van der Waals surface area contributed by atoms with Gasteiger partial charge in [0.2, 0.25) is 0 Å². The molecular formula is C12H11N3O2S. The molecule has 2 aromatic heterocycles. The first-order valence-corrected chi connectivity index (χ1v) is 6.09. The van der Waals surface area contributed by atoms with E-state index in [0.29, 0.717) is 16.5 Å². The summed E-state index contributed by atoms with van der Waals surface area (Å²) in [5.74, 6) is -0.0753. The van der Waals surface area contributed by atoms with Crippen LogP contribution in [0.3, 0.4) is 0 Å². The van der Waals surface area contributed by atoms with Crippen LogP contribution in [0.5, 0.6) is 0 Å². The predicted octanol–water partition coefficient (Wildman–Crippen LogP) is 1.83. The summed E-state index contributed by atoms with van der Waals surface area (Å²) >= 11 is 1.30. The maximum absolute atomic E-state index is 11.3. The summed E-state index contributed by atoms with van der Waals surface area (Å²) in [7, 11) is 0. The lowest BCUT2D eigenvalue weighted by molar-refractivity contribution is 0.101. The number of H-pyrrole nitrogens is 1. The van der Waals surface area contributed by atoms with Crippen molar-refractivity contribution in [1.82, 2.24) is 15.0 Å². The van der Waals surface area contributed by atoms with Crippen LogP contribution in [-0.4, -0.2) is 20.7 Å². The number of Topliss-reactive ketones (excluding diaryl/α,β-unsaturated/α-hetero) is 1. The Bertz CT molecular complexity index is 635. The average Bonchev–Trinajstić information content (AvgIpc) is 2.28. The van der Waals surface area contributed by atoms with Crippen molar-refractivity contribution in [3.05, 3.63) is 46.1 Å². The topological polar surface area (TPSA) is 75.7 Å². The van der Waals surface area contributed by atoms with Gasteiger partial charge in [-0.3, -0.25) is 14.6 Å².